The van der Waals surface area contributed by atoms with Crippen LogP contribution in [0.1, 0.15) is 34.6 Å². The summed E-state index contributed by atoms with van der Waals surface area (Å²) in [5.41, 5.74) is 5.20. The standard InChI is InChI=1S/C28H24O4/c1-3-31-27(29)25-22-18-12-11-17-21(19-13-7-5-8-14-19)24(22)26(28(30)32-4-2)23(25)20-15-9-6-10-16-20/h5-18H,3-4H2,1-2H3. The quantitative estimate of drug-likeness (QED) is 0.333. The van der Waals surface area contributed by atoms with Gasteiger partial charge in [-0.15, -0.1) is 0 Å². The number of carbonyl (C=O) groups is 2. The predicted octanol–water partition coefficient (Wildman–Crippen LogP) is 6.48. The molecule has 0 heterocycles. The lowest BCUT2D eigenvalue weighted by Crippen LogP contribution is -2.08. The minimum atomic E-state index is -0.463. The second-order valence-electron chi connectivity index (χ2n) is 7.22. The first kappa shape index (κ1) is 21.3. The van der Waals surface area contributed by atoms with Crippen LogP contribution in [0.15, 0.2) is 84.9 Å². The largest absolute Gasteiger partial charge is 0.462 e. The van der Waals surface area contributed by atoms with Gasteiger partial charge in [-0.3, -0.25) is 0 Å². The fourth-order valence-electron chi connectivity index (χ4n) is 4.05. The molecular weight excluding hydrogens is 400 g/mol. The first-order chi connectivity index (χ1) is 15.7. The van der Waals surface area contributed by atoms with Crippen molar-refractivity contribution in [3.05, 3.63) is 96.1 Å². The van der Waals surface area contributed by atoms with E-state index in [0.29, 0.717) is 27.8 Å². The highest BCUT2D eigenvalue weighted by molar-refractivity contribution is 6.19. The second kappa shape index (κ2) is 9.48. The average Bonchev–Trinajstić information content (AvgIpc) is 3.01. The van der Waals surface area contributed by atoms with Gasteiger partial charge in [0.2, 0.25) is 0 Å². The Hall–Kier alpha value is -3.92. The maximum Gasteiger partial charge on any atom is 0.339 e. The molecule has 0 atom stereocenters. The van der Waals surface area contributed by atoms with E-state index in [2.05, 4.69) is 0 Å². The van der Waals surface area contributed by atoms with Crippen molar-refractivity contribution in [1.82, 2.24) is 0 Å². The van der Waals surface area contributed by atoms with Gasteiger partial charge in [-0.05, 0) is 36.1 Å². The second-order valence-corrected chi connectivity index (χ2v) is 7.22. The van der Waals surface area contributed by atoms with E-state index in [1.165, 1.54) is 0 Å². The SMILES string of the molecule is CCOC(=O)c1c2ccccc(-c3ccccc3)c-2c(C(=O)OCC)c1-c1ccccc1. The van der Waals surface area contributed by atoms with Crippen molar-refractivity contribution in [2.45, 2.75) is 13.8 Å². The summed E-state index contributed by atoms with van der Waals surface area (Å²) < 4.78 is 10.9. The zero-order chi connectivity index (χ0) is 22.5. The normalized spacial score (nSPS) is 10.7. The first-order valence-corrected chi connectivity index (χ1v) is 10.7. The minimum Gasteiger partial charge on any atom is -0.462 e. The van der Waals surface area contributed by atoms with Crippen LogP contribution in [0.4, 0.5) is 0 Å². The van der Waals surface area contributed by atoms with Crippen molar-refractivity contribution >= 4 is 11.9 Å². The molecule has 4 nitrogen and oxygen atoms in total. The third kappa shape index (κ3) is 3.87. The Morgan fingerprint density at radius 1 is 0.562 bits per heavy atom. The molecule has 2 aliphatic carbocycles. The molecule has 4 heteroatoms. The van der Waals surface area contributed by atoms with Gasteiger partial charge < -0.3 is 9.47 Å². The van der Waals surface area contributed by atoms with Gasteiger partial charge >= 0.3 is 11.9 Å². The Bertz CT molecular complexity index is 1210. The van der Waals surface area contributed by atoms with E-state index >= 15 is 0 Å². The highest BCUT2D eigenvalue weighted by atomic mass is 16.5. The molecule has 0 bridgehead atoms. The van der Waals surface area contributed by atoms with Crippen LogP contribution in [0.25, 0.3) is 33.4 Å². The lowest BCUT2D eigenvalue weighted by Gasteiger charge is -2.10. The number of ether oxygens (including phenoxy) is 2. The average molecular weight is 424 g/mol. The zero-order valence-electron chi connectivity index (χ0n) is 18.1. The van der Waals surface area contributed by atoms with Gasteiger partial charge in [0.15, 0.2) is 0 Å². The highest BCUT2D eigenvalue weighted by Crippen LogP contribution is 2.47. The maximum absolute atomic E-state index is 13.4. The molecule has 0 fully saturated rings. The van der Waals surface area contributed by atoms with E-state index in [1.54, 1.807) is 13.8 Å². The molecule has 0 saturated carbocycles. The summed E-state index contributed by atoms with van der Waals surface area (Å²) in [5.74, 6) is -0.924. The van der Waals surface area contributed by atoms with E-state index in [-0.39, 0.29) is 13.2 Å². The molecule has 160 valence electrons. The van der Waals surface area contributed by atoms with Gasteiger partial charge in [0.1, 0.15) is 0 Å². The number of esters is 2. The fourth-order valence-corrected chi connectivity index (χ4v) is 4.05. The van der Waals surface area contributed by atoms with Crippen LogP contribution < -0.4 is 0 Å². The molecule has 0 saturated heterocycles. The molecule has 4 rings (SSSR count). The summed E-state index contributed by atoms with van der Waals surface area (Å²) in [6.45, 7) is 4.01. The smallest absolute Gasteiger partial charge is 0.339 e. The predicted molar refractivity (Wildman–Crippen MR) is 126 cm³/mol. The molecule has 32 heavy (non-hydrogen) atoms. The van der Waals surface area contributed by atoms with Gasteiger partial charge in [0.05, 0.1) is 24.3 Å². The third-order valence-electron chi connectivity index (χ3n) is 5.30. The molecule has 2 aromatic rings. The summed E-state index contributed by atoms with van der Waals surface area (Å²) in [7, 11) is 0. The number of benzene rings is 2. The molecule has 0 aromatic heterocycles. The van der Waals surface area contributed by atoms with Crippen LogP contribution in [-0.4, -0.2) is 25.2 Å². The van der Waals surface area contributed by atoms with E-state index in [4.69, 9.17) is 9.47 Å². The van der Waals surface area contributed by atoms with Crippen molar-refractivity contribution in [3.63, 3.8) is 0 Å². The monoisotopic (exact) mass is 424 g/mol. The van der Waals surface area contributed by atoms with Crippen LogP contribution in [0.5, 0.6) is 0 Å². The van der Waals surface area contributed by atoms with Gasteiger partial charge in [-0.25, -0.2) is 9.59 Å². The molecule has 0 N–H and O–H groups in total. The Labute approximate surface area is 187 Å². The van der Waals surface area contributed by atoms with Gasteiger partial charge in [0.25, 0.3) is 0 Å². The van der Waals surface area contributed by atoms with Crippen molar-refractivity contribution in [2.24, 2.45) is 0 Å². The highest BCUT2D eigenvalue weighted by Gasteiger charge is 2.34. The topological polar surface area (TPSA) is 52.6 Å². The summed E-state index contributed by atoms with van der Waals surface area (Å²) >= 11 is 0. The summed E-state index contributed by atoms with van der Waals surface area (Å²) in [6, 6.07) is 26.9. The zero-order valence-corrected chi connectivity index (χ0v) is 18.1. The van der Waals surface area contributed by atoms with E-state index in [0.717, 1.165) is 16.7 Å². The van der Waals surface area contributed by atoms with Crippen LogP contribution in [0, 0.1) is 0 Å². The third-order valence-corrected chi connectivity index (χ3v) is 5.30. The number of carbonyl (C=O) groups excluding carboxylic acids is 2. The molecule has 2 aliphatic rings. The molecule has 0 unspecified atom stereocenters. The lowest BCUT2D eigenvalue weighted by atomic mass is 9.95. The number of fused-ring (bicyclic) bond motifs is 1. The number of rotatable bonds is 6. The van der Waals surface area contributed by atoms with Gasteiger partial charge in [-0.1, -0.05) is 84.9 Å². The van der Waals surface area contributed by atoms with Crippen LogP contribution >= 0.6 is 0 Å². The van der Waals surface area contributed by atoms with Gasteiger partial charge in [0, 0.05) is 11.1 Å². The van der Waals surface area contributed by atoms with E-state index in [1.807, 2.05) is 84.9 Å². The minimum absolute atomic E-state index is 0.230. The number of hydrogen-bond donors (Lipinski definition) is 0. The number of hydrogen-bond acceptors (Lipinski definition) is 4. The Kier molecular flexibility index (Phi) is 6.31. The summed E-state index contributed by atoms with van der Waals surface area (Å²) in [6.07, 6.45) is 0. The molecule has 0 amide bonds. The molecule has 0 aliphatic heterocycles. The van der Waals surface area contributed by atoms with Crippen molar-refractivity contribution in [1.29, 1.82) is 0 Å². The van der Waals surface area contributed by atoms with Crippen LogP contribution in [0.2, 0.25) is 0 Å². The molecular formula is C28H24O4. The lowest BCUT2D eigenvalue weighted by molar-refractivity contribution is 0.0525. The van der Waals surface area contributed by atoms with Crippen LogP contribution in [0.3, 0.4) is 0 Å². The first-order valence-electron chi connectivity index (χ1n) is 10.7. The van der Waals surface area contributed by atoms with Crippen molar-refractivity contribution in [3.8, 4) is 33.4 Å². The Morgan fingerprint density at radius 2 is 1.03 bits per heavy atom. The van der Waals surface area contributed by atoms with Crippen molar-refractivity contribution < 1.29 is 19.1 Å². The molecule has 2 aromatic carbocycles. The molecule has 0 spiro atoms. The van der Waals surface area contributed by atoms with E-state index in [9.17, 15) is 9.59 Å². The van der Waals surface area contributed by atoms with E-state index < -0.39 is 11.9 Å². The summed E-state index contributed by atoms with van der Waals surface area (Å²) in [5, 5.41) is 0. The Balaban J connectivity index is 2.17. The van der Waals surface area contributed by atoms with Crippen LogP contribution in [-0.2, 0) is 9.47 Å². The molecule has 0 radical (unpaired) electrons. The maximum atomic E-state index is 13.4. The fraction of sp³-hybridized carbons (Fsp3) is 0.143. The van der Waals surface area contributed by atoms with Crippen molar-refractivity contribution in [2.75, 3.05) is 13.2 Å². The summed E-state index contributed by atoms with van der Waals surface area (Å²) in [4.78, 5) is 26.6. The van der Waals surface area contributed by atoms with Gasteiger partial charge in [-0.2, -0.15) is 0 Å². The Morgan fingerprint density at radius 3 is 1.59 bits per heavy atom.